The Balaban J connectivity index is -0.000000135. The van der Waals surface area contributed by atoms with Crippen molar-refractivity contribution < 1.29 is 25.3 Å². The zero-order valence-corrected chi connectivity index (χ0v) is 11.8. The smallest absolute Gasteiger partial charge is 0.320 e. The van der Waals surface area contributed by atoms with Gasteiger partial charge in [0.1, 0.15) is 6.04 Å². The number of hydrogen-bond acceptors (Lipinski definition) is 3. The van der Waals surface area contributed by atoms with E-state index in [1.54, 1.807) is 0 Å². The third kappa shape index (κ3) is 15.6. The Morgan fingerprint density at radius 2 is 1.62 bits per heavy atom. The van der Waals surface area contributed by atoms with Gasteiger partial charge in [0.15, 0.2) is 0 Å². The summed E-state index contributed by atoms with van der Waals surface area (Å²) in [6.07, 6.45) is -0.224. The molecule has 0 aliphatic rings. The standard InChI is InChI=1S/C5H9NO4.2Na.H2O/c6-3(5(9)10)1-2-4(7)8;;;/h3H,1-2,6H2,(H,7,8)(H,9,10);;;1H2/t3-;;;/m0.../s1. The van der Waals surface area contributed by atoms with Crippen molar-refractivity contribution in [2.45, 2.75) is 18.9 Å². The summed E-state index contributed by atoms with van der Waals surface area (Å²) in [6.45, 7) is 0. The second-order valence-electron chi connectivity index (χ2n) is 1.88. The Labute approximate surface area is 120 Å². The number of carboxylic acids is 2. The molecule has 0 aliphatic heterocycles. The van der Waals surface area contributed by atoms with Gasteiger partial charge in [-0.25, -0.2) is 0 Å². The molecule has 0 aliphatic carbocycles. The van der Waals surface area contributed by atoms with Crippen molar-refractivity contribution in [1.29, 1.82) is 0 Å². The van der Waals surface area contributed by atoms with Gasteiger partial charge in [-0.15, -0.1) is 0 Å². The van der Waals surface area contributed by atoms with Crippen LogP contribution in [0.4, 0.5) is 0 Å². The maximum atomic E-state index is 9.99. The topological polar surface area (TPSA) is 132 Å². The number of carboxylic acid groups (broad SMARTS) is 2. The number of aliphatic carboxylic acids is 2. The minimum atomic E-state index is -1.17. The van der Waals surface area contributed by atoms with Crippen molar-refractivity contribution in [3.63, 3.8) is 0 Å². The summed E-state index contributed by atoms with van der Waals surface area (Å²) in [5.41, 5.74) is 5.00. The molecule has 0 aromatic rings. The van der Waals surface area contributed by atoms with Gasteiger partial charge in [0.05, 0.1) is 0 Å². The van der Waals surface area contributed by atoms with Crippen LogP contribution in [0.3, 0.4) is 0 Å². The quantitative estimate of drug-likeness (QED) is 0.449. The van der Waals surface area contributed by atoms with E-state index in [4.69, 9.17) is 15.9 Å². The fraction of sp³-hybridized carbons (Fsp3) is 0.600. The van der Waals surface area contributed by atoms with Gasteiger partial charge >= 0.3 is 11.9 Å². The van der Waals surface area contributed by atoms with E-state index in [0.29, 0.717) is 0 Å². The van der Waals surface area contributed by atoms with Gasteiger partial charge < -0.3 is 21.4 Å². The van der Waals surface area contributed by atoms with Crippen molar-refractivity contribution in [3.8, 4) is 0 Å². The van der Waals surface area contributed by atoms with Crippen molar-refractivity contribution in [2.24, 2.45) is 5.73 Å². The SMILES string of the molecule is N[C@@H](CCC(=O)O)C(=O)O.O.[Na].[Na]. The van der Waals surface area contributed by atoms with Gasteiger partial charge in [-0.3, -0.25) is 9.59 Å². The first-order chi connectivity index (χ1) is 4.54. The molecule has 0 saturated heterocycles. The molecule has 68 valence electrons. The monoisotopic (exact) mass is 211 g/mol. The summed E-state index contributed by atoms with van der Waals surface area (Å²) < 4.78 is 0. The first-order valence-electron chi connectivity index (χ1n) is 2.74. The molecule has 1 atom stereocenters. The second-order valence-corrected chi connectivity index (χ2v) is 1.88. The molecule has 0 rings (SSSR count). The Bertz CT molecular complexity index is 154. The van der Waals surface area contributed by atoms with E-state index in [1.807, 2.05) is 0 Å². The fourth-order valence-electron chi connectivity index (χ4n) is 0.402. The van der Waals surface area contributed by atoms with Crippen LogP contribution in [0.1, 0.15) is 12.8 Å². The maximum Gasteiger partial charge on any atom is 0.320 e. The molecule has 0 fully saturated rings. The first kappa shape index (κ1) is 23.6. The molecule has 0 heterocycles. The summed E-state index contributed by atoms with van der Waals surface area (Å²) in [6, 6.07) is -1.06. The minimum Gasteiger partial charge on any atom is -0.481 e. The number of nitrogens with two attached hydrogens (primary N) is 1. The van der Waals surface area contributed by atoms with Crippen molar-refractivity contribution in [2.75, 3.05) is 0 Å². The first-order valence-corrected chi connectivity index (χ1v) is 2.74. The van der Waals surface area contributed by atoms with Crippen LogP contribution in [-0.4, -0.2) is 92.8 Å². The van der Waals surface area contributed by atoms with Crippen LogP contribution < -0.4 is 5.73 Å². The third-order valence-electron chi connectivity index (χ3n) is 0.986. The van der Waals surface area contributed by atoms with Crippen molar-refractivity contribution in [1.82, 2.24) is 0 Å². The fourth-order valence-corrected chi connectivity index (χ4v) is 0.402. The molecule has 6 N–H and O–H groups in total. The molecular formula is C5H11NNa2O5. The van der Waals surface area contributed by atoms with E-state index >= 15 is 0 Å². The average molecular weight is 211 g/mol. The van der Waals surface area contributed by atoms with Crippen LogP contribution in [0.5, 0.6) is 0 Å². The summed E-state index contributed by atoms with van der Waals surface area (Å²) in [7, 11) is 0. The molecule has 0 amide bonds. The molecule has 6 nitrogen and oxygen atoms in total. The van der Waals surface area contributed by atoms with E-state index in [1.165, 1.54) is 0 Å². The second kappa shape index (κ2) is 12.9. The van der Waals surface area contributed by atoms with Crippen LogP contribution in [-0.2, 0) is 9.59 Å². The molecule has 0 unspecified atom stereocenters. The molecular weight excluding hydrogens is 200 g/mol. The molecule has 0 aromatic carbocycles. The zero-order chi connectivity index (χ0) is 8.15. The van der Waals surface area contributed by atoms with Crippen LogP contribution in [0.15, 0.2) is 0 Å². The molecule has 0 saturated carbocycles. The summed E-state index contributed by atoms with van der Waals surface area (Å²) in [4.78, 5) is 19.9. The average Bonchev–Trinajstić information content (AvgIpc) is 1.82. The van der Waals surface area contributed by atoms with Crippen molar-refractivity contribution >= 4 is 71.1 Å². The minimum absolute atomic E-state index is 0. The Morgan fingerprint density at radius 1 is 1.23 bits per heavy atom. The van der Waals surface area contributed by atoms with E-state index in [-0.39, 0.29) is 77.4 Å². The molecule has 0 spiro atoms. The number of carbonyl (C=O) groups is 2. The van der Waals surface area contributed by atoms with Gasteiger partial charge in [0.25, 0.3) is 0 Å². The van der Waals surface area contributed by atoms with E-state index in [2.05, 4.69) is 0 Å². The maximum absolute atomic E-state index is 9.99. The molecule has 2 radical (unpaired) electrons. The Morgan fingerprint density at radius 3 is 1.85 bits per heavy atom. The normalized spacial score (nSPS) is 9.62. The predicted octanol–water partition coefficient (Wildman–Crippen LogP) is -2.32. The zero-order valence-electron chi connectivity index (χ0n) is 7.78. The van der Waals surface area contributed by atoms with Crippen molar-refractivity contribution in [3.05, 3.63) is 0 Å². The summed E-state index contributed by atoms with van der Waals surface area (Å²) >= 11 is 0. The van der Waals surface area contributed by atoms with E-state index in [9.17, 15) is 9.59 Å². The van der Waals surface area contributed by atoms with Gasteiger partial charge in [-0.2, -0.15) is 0 Å². The van der Waals surface area contributed by atoms with Gasteiger partial charge in [0.2, 0.25) is 0 Å². The number of rotatable bonds is 4. The van der Waals surface area contributed by atoms with E-state index in [0.717, 1.165) is 0 Å². The number of hydrogen-bond donors (Lipinski definition) is 3. The molecule has 8 heteroatoms. The Kier molecular flexibility index (Phi) is 23.3. The largest absolute Gasteiger partial charge is 0.481 e. The molecule has 0 bridgehead atoms. The summed E-state index contributed by atoms with van der Waals surface area (Å²) in [5.74, 6) is -2.20. The Hall–Kier alpha value is 0.860. The van der Waals surface area contributed by atoms with Crippen LogP contribution in [0, 0.1) is 0 Å². The molecule has 13 heavy (non-hydrogen) atoms. The predicted molar refractivity (Wildman–Crippen MR) is 47.6 cm³/mol. The van der Waals surface area contributed by atoms with Gasteiger partial charge in [0, 0.05) is 65.5 Å². The van der Waals surface area contributed by atoms with E-state index < -0.39 is 18.0 Å². The van der Waals surface area contributed by atoms with Gasteiger partial charge in [-0.05, 0) is 6.42 Å². The van der Waals surface area contributed by atoms with Crippen LogP contribution in [0.2, 0.25) is 0 Å². The third-order valence-corrected chi connectivity index (χ3v) is 0.986. The van der Waals surface area contributed by atoms with Crippen LogP contribution in [0.25, 0.3) is 0 Å². The van der Waals surface area contributed by atoms with Crippen LogP contribution >= 0.6 is 0 Å². The molecule has 0 aromatic heterocycles. The summed E-state index contributed by atoms with van der Waals surface area (Å²) in [5, 5.41) is 16.3. The van der Waals surface area contributed by atoms with Gasteiger partial charge in [-0.1, -0.05) is 0 Å².